The van der Waals surface area contributed by atoms with Crippen LogP contribution in [-0.4, -0.2) is 37.8 Å². The van der Waals surface area contributed by atoms with Gasteiger partial charge in [-0.2, -0.15) is 0 Å². The van der Waals surface area contributed by atoms with Gasteiger partial charge in [-0.1, -0.05) is 12.1 Å². The second kappa shape index (κ2) is 6.14. The lowest BCUT2D eigenvalue weighted by Crippen LogP contribution is -2.37. The molecule has 1 aromatic carbocycles. The van der Waals surface area contributed by atoms with Crippen LogP contribution in [0.15, 0.2) is 30.6 Å². The predicted octanol–water partition coefficient (Wildman–Crippen LogP) is 0.223. The van der Waals surface area contributed by atoms with E-state index in [4.69, 9.17) is 10.8 Å². The summed E-state index contributed by atoms with van der Waals surface area (Å²) >= 11 is 0. The number of carboxylic acid groups (broad SMARTS) is 1. The number of aliphatic carboxylic acids is 1. The first-order chi connectivity index (χ1) is 9.97. The predicted molar refractivity (Wildman–Crippen MR) is 75.3 cm³/mol. The molecule has 0 aliphatic carbocycles. The molecule has 1 aromatic heterocycles. The Labute approximate surface area is 120 Å². The van der Waals surface area contributed by atoms with Crippen LogP contribution in [0.2, 0.25) is 0 Å². The van der Waals surface area contributed by atoms with E-state index in [0.717, 1.165) is 5.56 Å². The molecule has 1 amide bonds. The summed E-state index contributed by atoms with van der Waals surface area (Å²) in [5.41, 5.74) is 6.80. The van der Waals surface area contributed by atoms with Crippen LogP contribution in [0.3, 0.4) is 0 Å². The average Bonchev–Trinajstić information content (AvgIpc) is 2.84. The van der Waals surface area contributed by atoms with Crippen molar-refractivity contribution in [2.24, 2.45) is 12.8 Å². The normalized spacial score (nSPS) is 11.9. The number of rotatable bonds is 5. The van der Waals surface area contributed by atoms with Gasteiger partial charge in [0.05, 0.1) is 12.5 Å². The third-order valence-electron chi connectivity index (χ3n) is 2.83. The fourth-order valence-electron chi connectivity index (χ4n) is 1.80. The van der Waals surface area contributed by atoms with Gasteiger partial charge in [0.25, 0.3) is 0 Å². The van der Waals surface area contributed by atoms with Gasteiger partial charge in [-0.25, -0.2) is 0 Å². The number of carboxylic acids is 1. The molecule has 2 rings (SSSR count). The van der Waals surface area contributed by atoms with E-state index in [9.17, 15) is 9.59 Å². The minimum absolute atomic E-state index is 0.422. The molecular weight excluding hydrogens is 274 g/mol. The number of nitrogens with two attached hydrogens (primary N) is 1. The van der Waals surface area contributed by atoms with Crippen LogP contribution in [0.1, 0.15) is 6.42 Å². The second-order valence-corrected chi connectivity index (χ2v) is 4.54. The molecule has 0 aliphatic rings. The molecule has 0 saturated heterocycles. The third-order valence-corrected chi connectivity index (χ3v) is 2.83. The van der Waals surface area contributed by atoms with E-state index in [2.05, 4.69) is 15.5 Å². The lowest BCUT2D eigenvalue weighted by molar-refractivity contribution is -0.138. The molecule has 1 unspecified atom stereocenters. The molecule has 0 bridgehead atoms. The number of aromatic nitrogens is 3. The summed E-state index contributed by atoms with van der Waals surface area (Å²) in [4.78, 5) is 22.3. The number of aryl methyl sites for hydroxylation is 1. The number of carbonyl (C=O) groups excluding carboxylic acids is 1. The Morgan fingerprint density at radius 3 is 2.86 bits per heavy atom. The topological polar surface area (TPSA) is 123 Å². The summed E-state index contributed by atoms with van der Waals surface area (Å²) in [5.74, 6) is -1.01. The summed E-state index contributed by atoms with van der Waals surface area (Å²) in [6, 6.07) is 5.89. The van der Waals surface area contributed by atoms with Crippen LogP contribution in [-0.2, 0) is 16.6 Å². The molecule has 0 radical (unpaired) electrons. The molecule has 8 heteroatoms. The molecule has 0 aliphatic heterocycles. The highest BCUT2D eigenvalue weighted by atomic mass is 16.4. The molecule has 110 valence electrons. The fraction of sp³-hybridized carbons (Fsp3) is 0.231. The quantitative estimate of drug-likeness (QED) is 0.723. The molecule has 0 saturated carbocycles. The Morgan fingerprint density at radius 2 is 2.24 bits per heavy atom. The third kappa shape index (κ3) is 3.63. The molecule has 8 nitrogen and oxygen atoms in total. The largest absolute Gasteiger partial charge is 0.481 e. The van der Waals surface area contributed by atoms with E-state index in [-0.39, 0.29) is 0 Å². The van der Waals surface area contributed by atoms with Crippen molar-refractivity contribution < 1.29 is 14.7 Å². The van der Waals surface area contributed by atoms with Crippen LogP contribution in [0.25, 0.3) is 11.4 Å². The summed E-state index contributed by atoms with van der Waals surface area (Å²) < 4.78 is 1.75. The first kappa shape index (κ1) is 14.7. The van der Waals surface area contributed by atoms with Gasteiger partial charge in [0.15, 0.2) is 5.82 Å². The van der Waals surface area contributed by atoms with Crippen molar-refractivity contribution >= 4 is 17.6 Å². The number of anilines is 1. The van der Waals surface area contributed by atoms with Crippen LogP contribution < -0.4 is 11.1 Å². The first-order valence-electron chi connectivity index (χ1n) is 6.20. The van der Waals surface area contributed by atoms with Gasteiger partial charge in [0.2, 0.25) is 5.91 Å². The SMILES string of the molecule is Cn1cnnc1-c1cccc(NC(=O)C(N)CC(=O)O)c1. The molecule has 1 heterocycles. The maximum atomic E-state index is 11.8. The Balaban J connectivity index is 2.13. The Hall–Kier alpha value is -2.74. The Morgan fingerprint density at radius 1 is 1.48 bits per heavy atom. The molecule has 0 fully saturated rings. The van der Waals surface area contributed by atoms with Gasteiger partial charge in [0.1, 0.15) is 6.33 Å². The number of hydrogen-bond donors (Lipinski definition) is 3. The van der Waals surface area contributed by atoms with Crippen LogP contribution >= 0.6 is 0 Å². The highest BCUT2D eigenvalue weighted by Crippen LogP contribution is 2.20. The number of nitrogens with zero attached hydrogens (tertiary/aromatic N) is 3. The zero-order valence-electron chi connectivity index (χ0n) is 11.4. The van der Waals surface area contributed by atoms with Crippen LogP contribution in [0.4, 0.5) is 5.69 Å². The van der Waals surface area contributed by atoms with Crippen LogP contribution in [0.5, 0.6) is 0 Å². The van der Waals surface area contributed by atoms with Crippen molar-refractivity contribution in [2.75, 3.05) is 5.32 Å². The number of benzene rings is 1. The molecule has 0 spiro atoms. The van der Waals surface area contributed by atoms with Crippen molar-refractivity contribution in [1.82, 2.24) is 14.8 Å². The highest BCUT2D eigenvalue weighted by molar-refractivity contribution is 5.97. The van der Waals surface area contributed by atoms with Gasteiger partial charge in [-0.3, -0.25) is 9.59 Å². The van der Waals surface area contributed by atoms with E-state index in [0.29, 0.717) is 11.5 Å². The van der Waals surface area contributed by atoms with E-state index < -0.39 is 24.3 Å². The molecule has 1 atom stereocenters. The van der Waals surface area contributed by atoms with Gasteiger partial charge < -0.3 is 20.7 Å². The van der Waals surface area contributed by atoms with Gasteiger partial charge in [-0.05, 0) is 12.1 Å². The molecule has 2 aromatic rings. The molecule has 21 heavy (non-hydrogen) atoms. The smallest absolute Gasteiger partial charge is 0.305 e. The molecular formula is C13H15N5O3. The van der Waals surface area contributed by atoms with E-state index in [1.807, 2.05) is 13.1 Å². The number of hydrogen-bond acceptors (Lipinski definition) is 5. The Kier molecular flexibility index (Phi) is 4.29. The monoisotopic (exact) mass is 289 g/mol. The van der Waals surface area contributed by atoms with Crippen LogP contribution in [0, 0.1) is 0 Å². The first-order valence-corrected chi connectivity index (χ1v) is 6.20. The number of carbonyl (C=O) groups is 2. The maximum absolute atomic E-state index is 11.8. The van der Waals surface area contributed by atoms with Crippen molar-refractivity contribution in [3.8, 4) is 11.4 Å². The number of nitrogens with one attached hydrogen (secondary N) is 1. The number of amides is 1. The van der Waals surface area contributed by atoms with E-state index >= 15 is 0 Å². The van der Waals surface area contributed by atoms with E-state index in [1.165, 1.54) is 0 Å². The van der Waals surface area contributed by atoms with Crippen molar-refractivity contribution in [1.29, 1.82) is 0 Å². The van der Waals surface area contributed by atoms with Crippen molar-refractivity contribution in [3.63, 3.8) is 0 Å². The zero-order valence-corrected chi connectivity index (χ0v) is 11.4. The lowest BCUT2D eigenvalue weighted by Gasteiger charge is -2.11. The average molecular weight is 289 g/mol. The van der Waals surface area contributed by atoms with Gasteiger partial charge >= 0.3 is 5.97 Å². The summed E-state index contributed by atoms with van der Waals surface area (Å²) in [7, 11) is 1.81. The summed E-state index contributed by atoms with van der Waals surface area (Å²) in [6.07, 6.45) is 1.15. The fourth-order valence-corrected chi connectivity index (χ4v) is 1.80. The van der Waals surface area contributed by atoms with Gasteiger partial charge in [0, 0.05) is 18.3 Å². The molecule has 4 N–H and O–H groups in total. The highest BCUT2D eigenvalue weighted by Gasteiger charge is 2.17. The standard InChI is InChI=1S/C13H15N5O3/c1-18-7-15-17-12(18)8-3-2-4-9(5-8)16-13(21)10(14)6-11(19)20/h2-5,7,10H,6,14H2,1H3,(H,16,21)(H,19,20). The zero-order chi connectivity index (χ0) is 15.4. The summed E-state index contributed by atoms with van der Waals surface area (Å²) in [5, 5.41) is 19.0. The Bertz CT molecular complexity index is 667. The van der Waals surface area contributed by atoms with Crippen molar-refractivity contribution in [2.45, 2.75) is 12.5 Å². The maximum Gasteiger partial charge on any atom is 0.305 e. The minimum atomic E-state index is -1.12. The minimum Gasteiger partial charge on any atom is -0.481 e. The summed E-state index contributed by atoms with van der Waals surface area (Å²) in [6.45, 7) is 0. The van der Waals surface area contributed by atoms with E-state index in [1.54, 1.807) is 29.1 Å². The van der Waals surface area contributed by atoms with Crippen molar-refractivity contribution in [3.05, 3.63) is 30.6 Å². The van der Waals surface area contributed by atoms with Gasteiger partial charge in [-0.15, -0.1) is 10.2 Å². The lowest BCUT2D eigenvalue weighted by atomic mass is 10.1. The second-order valence-electron chi connectivity index (χ2n) is 4.54.